The molecule has 0 aliphatic carbocycles. The van der Waals surface area contributed by atoms with Gasteiger partial charge in [-0.15, -0.1) is 0 Å². The highest BCUT2D eigenvalue weighted by atomic mass is 16.3. The smallest absolute Gasteiger partial charge is 0.169 e. The molecule has 12 nitrogen and oxygen atoms in total. The molecule has 0 fully saturated rings. The van der Waals surface area contributed by atoms with E-state index in [0.717, 1.165) is 44.7 Å². The molecule has 6 heterocycles. The lowest BCUT2D eigenvalue weighted by atomic mass is 9.86. The lowest BCUT2D eigenvalue weighted by Crippen LogP contribution is -2.20. The molecule has 358 valence electrons. The zero-order chi connectivity index (χ0) is 51.1. The van der Waals surface area contributed by atoms with Crippen LogP contribution in [0.4, 0.5) is 0 Å². The number of hydrogen-bond acceptors (Lipinski definition) is 12. The highest BCUT2D eigenvalue weighted by Crippen LogP contribution is 2.27. The maximum atomic E-state index is 12.2. The van der Waals surface area contributed by atoms with Gasteiger partial charge in [0.15, 0.2) is 29.0 Å². The number of aromatic nitrogens is 7. The van der Waals surface area contributed by atoms with E-state index >= 15 is 0 Å². The molecule has 0 spiro atoms. The predicted octanol–water partition coefficient (Wildman–Crippen LogP) is 13.3. The van der Waals surface area contributed by atoms with E-state index in [4.69, 9.17) is 4.42 Å². The van der Waals surface area contributed by atoms with Gasteiger partial charge in [0, 0.05) is 129 Å². The van der Waals surface area contributed by atoms with Crippen LogP contribution < -0.4 is 0 Å². The van der Waals surface area contributed by atoms with Crippen molar-refractivity contribution in [3.05, 3.63) is 188 Å². The maximum absolute atomic E-state index is 12.2. The van der Waals surface area contributed by atoms with Crippen LogP contribution in [0.15, 0.2) is 170 Å². The molecule has 0 saturated carbocycles. The number of carbonyl (C=O) groups is 4. The molecule has 8 rings (SSSR count). The van der Waals surface area contributed by atoms with Crippen LogP contribution in [-0.2, 0) is 0 Å². The minimum Gasteiger partial charge on any atom is -0.464 e. The molecule has 70 heavy (non-hydrogen) atoms. The molecule has 0 saturated heterocycles. The number of pyridine rings is 3. The fourth-order valence-electron chi connectivity index (χ4n) is 6.59. The Morgan fingerprint density at radius 2 is 0.914 bits per heavy atom. The topological polar surface area (TPSA) is 172 Å². The second-order valence-electron chi connectivity index (χ2n) is 19.8. The van der Waals surface area contributed by atoms with Crippen LogP contribution in [-0.4, -0.2) is 58.0 Å². The van der Waals surface area contributed by atoms with Crippen LogP contribution in [0, 0.1) is 22.2 Å². The average Bonchev–Trinajstić information content (AvgIpc) is 3.92. The summed E-state index contributed by atoms with van der Waals surface area (Å²) in [6.07, 6.45) is 20.1. The van der Waals surface area contributed by atoms with Crippen LogP contribution in [0.1, 0.15) is 118 Å². The SMILES string of the molecule is CC(C)(C)C(=O)c1cccc(-c2cncnc2)c1.CC(C)(C)C(=O)c1cccc(-c2ncccn2)c1.CC(C)(C)C(=O)c1cncc(-c2ccncc2)c1.CC(C)C(=O)c1cncc(-c2ccco2)c1. The molecule has 0 aliphatic rings. The van der Waals surface area contributed by atoms with E-state index in [9.17, 15) is 19.2 Å². The zero-order valence-corrected chi connectivity index (χ0v) is 41.8. The van der Waals surface area contributed by atoms with Gasteiger partial charge in [0.1, 0.15) is 12.1 Å². The molecule has 0 atom stereocenters. The first kappa shape index (κ1) is 53.0. The molecule has 0 aliphatic heterocycles. The van der Waals surface area contributed by atoms with E-state index in [1.807, 2.05) is 161 Å². The highest BCUT2D eigenvalue weighted by Gasteiger charge is 2.25. The molecule has 0 bridgehead atoms. The second-order valence-corrected chi connectivity index (χ2v) is 19.8. The number of ketones is 4. The van der Waals surface area contributed by atoms with Crippen LogP contribution >= 0.6 is 0 Å². The van der Waals surface area contributed by atoms with E-state index in [1.54, 1.807) is 74.3 Å². The Balaban J connectivity index is 0.000000174. The van der Waals surface area contributed by atoms with E-state index in [0.29, 0.717) is 22.5 Å². The first-order chi connectivity index (χ1) is 33.1. The summed E-state index contributed by atoms with van der Waals surface area (Å²) in [7, 11) is 0. The third kappa shape index (κ3) is 15.3. The zero-order valence-electron chi connectivity index (χ0n) is 41.8. The number of carbonyl (C=O) groups excluding carboxylic acids is 4. The quantitative estimate of drug-likeness (QED) is 0.126. The fraction of sp³-hybridized carbons (Fsp3) is 0.259. The molecule has 8 aromatic rings. The van der Waals surface area contributed by atoms with Gasteiger partial charge in [-0.25, -0.2) is 19.9 Å². The Morgan fingerprint density at radius 1 is 0.429 bits per heavy atom. The summed E-state index contributed by atoms with van der Waals surface area (Å²) < 4.78 is 5.26. The Bertz CT molecular complexity index is 2720. The highest BCUT2D eigenvalue weighted by molar-refractivity contribution is 6.02. The van der Waals surface area contributed by atoms with Gasteiger partial charge in [0.05, 0.1) is 6.26 Å². The third-order valence-electron chi connectivity index (χ3n) is 10.4. The standard InChI is InChI=1S/3C15H16N2O.C13H13NO2/c1-15(2,3)14(18)13-8-12(9-17-10-13)11-4-6-16-7-5-11;1-15(2,3)13(18)11-6-4-7-12(10-11)14-16-8-5-9-17-14;1-15(2,3)14(18)12-6-4-5-11(7-12)13-8-16-10-17-9-13;1-9(2)13(15)11-6-10(7-14-8-11)12-4-3-5-16-12/h3*4-10H,1-3H3;3-9H,1-2H3. The normalized spacial score (nSPS) is 11.1. The predicted molar refractivity (Wildman–Crippen MR) is 275 cm³/mol. The van der Waals surface area contributed by atoms with Gasteiger partial charge < -0.3 is 4.42 Å². The Hall–Kier alpha value is -7.99. The molecule has 6 aromatic heterocycles. The molecule has 0 N–H and O–H groups in total. The number of Topliss-reactive ketones (excluding diaryl/α,β-unsaturated/α-hetero) is 4. The lowest BCUT2D eigenvalue weighted by molar-refractivity contribution is 0.0852. The van der Waals surface area contributed by atoms with Crippen LogP contribution in [0.2, 0.25) is 0 Å². The number of furan rings is 1. The summed E-state index contributed by atoms with van der Waals surface area (Å²) in [5.41, 5.74) is 7.10. The Morgan fingerprint density at radius 3 is 1.46 bits per heavy atom. The summed E-state index contributed by atoms with van der Waals surface area (Å²) in [5.74, 6) is 1.81. The first-order valence-corrected chi connectivity index (χ1v) is 22.9. The van der Waals surface area contributed by atoms with Crippen molar-refractivity contribution >= 4 is 23.1 Å². The number of benzene rings is 2. The molecule has 0 unspecified atom stereocenters. The molecule has 0 radical (unpaired) electrons. The van der Waals surface area contributed by atoms with Gasteiger partial charge in [-0.1, -0.05) is 113 Å². The van der Waals surface area contributed by atoms with Crippen molar-refractivity contribution in [1.29, 1.82) is 0 Å². The fourth-order valence-corrected chi connectivity index (χ4v) is 6.59. The van der Waals surface area contributed by atoms with Crippen molar-refractivity contribution in [1.82, 2.24) is 34.9 Å². The van der Waals surface area contributed by atoms with Crippen molar-refractivity contribution < 1.29 is 23.6 Å². The van der Waals surface area contributed by atoms with Gasteiger partial charge >= 0.3 is 0 Å². The van der Waals surface area contributed by atoms with E-state index in [1.165, 1.54) is 6.33 Å². The van der Waals surface area contributed by atoms with E-state index in [2.05, 4.69) is 34.9 Å². The van der Waals surface area contributed by atoms with Gasteiger partial charge in [0.25, 0.3) is 0 Å². The maximum Gasteiger partial charge on any atom is 0.169 e. The summed E-state index contributed by atoms with van der Waals surface area (Å²) in [6.45, 7) is 21.0. The Labute approximate surface area is 411 Å². The van der Waals surface area contributed by atoms with Gasteiger partial charge in [-0.3, -0.25) is 34.1 Å². The molecular weight excluding hydrogens is 875 g/mol. The molecule has 0 amide bonds. The molecular formula is C58H61N7O5. The van der Waals surface area contributed by atoms with Gasteiger partial charge in [-0.2, -0.15) is 0 Å². The molecule has 12 heteroatoms. The number of hydrogen-bond donors (Lipinski definition) is 0. The summed E-state index contributed by atoms with van der Waals surface area (Å²) >= 11 is 0. The molecule has 2 aromatic carbocycles. The largest absolute Gasteiger partial charge is 0.464 e. The van der Waals surface area contributed by atoms with E-state index in [-0.39, 0.29) is 39.9 Å². The Kier molecular flexibility index (Phi) is 18.0. The van der Waals surface area contributed by atoms with Gasteiger partial charge in [-0.05, 0) is 65.7 Å². The van der Waals surface area contributed by atoms with Crippen molar-refractivity contribution in [2.24, 2.45) is 22.2 Å². The van der Waals surface area contributed by atoms with Gasteiger partial charge in [0.2, 0.25) is 0 Å². The third-order valence-corrected chi connectivity index (χ3v) is 10.4. The minimum atomic E-state index is -0.390. The second kappa shape index (κ2) is 23.8. The number of nitrogens with zero attached hydrogens (tertiary/aromatic N) is 7. The van der Waals surface area contributed by atoms with Crippen molar-refractivity contribution in [3.8, 4) is 45.0 Å². The first-order valence-electron chi connectivity index (χ1n) is 22.9. The minimum absolute atomic E-state index is 0.0198. The van der Waals surface area contributed by atoms with E-state index < -0.39 is 5.41 Å². The summed E-state index contributed by atoms with van der Waals surface area (Å²) in [4.78, 5) is 77.0. The summed E-state index contributed by atoms with van der Waals surface area (Å²) in [6, 6.07) is 28.0. The number of rotatable bonds is 9. The lowest BCUT2D eigenvalue weighted by Gasteiger charge is -2.17. The van der Waals surface area contributed by atoms with Crippen LogP contribution in [0.25, 0.3) is 45.0 Å². The van der Waals surface area contributed by atoms with Crippen molar-refractivity contribution in [2.45, 2.75) is 76.2 Å². The van der Waals surface area contributed by atoms with Crippen LogP contribution in [0.5, 0.6) is 0 Å². The van der Waals surface area contributed by atoms with Crippen LogP contribution in [0.3, 0.4) is 0 Å². The van der Waals surface area contributed by atoms with Crippen molar-refractivity contribution in [3.63, 3.8) is 0 Å². The average molecular weight is 936 g/mol. The van der Waals surface area contributed by atoms with Crippen molar-refractivity contribution in [2.75, 3.05) is 0 Å². The monoisotopic (exact) mass is 935 g/mol. The summed E-state index contributed by atoms with van der Waals surface area (Å²) in [5, 5.41) is 0.